The maximum absolute atomic E-state index is 5.57. The number of hydrogen-bond acceptors (Lipinski definition) is 3. The molecular formula is C16H22N2O. The van der Waals surface area contributed by atoms with Crippen LogP contribution in [0.5, 0.6) is 0 Å². The van der Waals surface area contributed by atoms with Crippen molar-refractivity contribution in [3.63, 3.8) is 0 Å². The summed E-state index contributed by atoms with van der Waals surface area (Å²) in [4.78, 5) is 7.00. The van der Waals surface area contributed by atoms with Crippen LogP contribution in [0.2, 0.25) is 0 Å². The van der Waals surface area contributed by atoms with Gasteiger partial charge >= 0.3 is 0 Å². The molecule has 3 nitrogen and oxygen atoms in total. The van der Waals surface area contributed by atoms with Crippen LogP contribution in [0, 0.1) is 0 Å². The van der Waals surface area contributed by atoms with Crippen LogP contribution >= 0.6 is 0 Å². The second-order valence-electron chi connectivity index (χ2n) is 4.79. The van der Waals surface area contributed by atoms with Gasteiger partial charge in [0.2, 0.25) is 5.89 Å². The monoisotopic (exact) mass is 258 g/mol. The summed E-state index contributed by atoms with van der Waals surface area (Å²) in [6, 6.07) is 10.0. The number of nitrogens with zero attached hydrogens (tertiary/aromatic N) is 2. The fraction of sp³-hybridized carbons (Fsp3) is 0.438. The van der Waals surface area contributed by atoms with Gasteiger partial charge in [-0.05, 0) is 38.1 Å². The van der Waals surface area contributed by atoms with Crippen molar-refractivity contribution in [2.24, 2.45) is 0 Å². The molecule has 0 N–H and O–H groups in total. The van der Waals surface area contributed by atoms with Gasteiger partial charge in [0.15, 0.2) is 0 Å². The summed E-state index contributed by atoms with van der Waals surface area (Å²) in [6.45, 7) is 7.52. The normalized spacial score (nSPS) is 11.1. The molecule has 2 rings (SSSR count). The van der Waals surface area contributed by atoms with Crippen LogP contribution in [0.1, 0.15) is 32.4 Å². The van der Waals surface area contributed by atoms with E-state index in [1.54, 1.807) is 6.26 Å². The molecule has 1 aromatic carbocycles. The van der Waals surface area contributed by atoms with Crippen molar-refractivity contribution >= 4 is 0 Å². The van der Waals surface area contributed by atoms with Crippen molar-refractivity contribution in [1.29, 1.82) is 0 Å². The van der Waals surface area contributed by atoms with E-state index >= 15 is 0 Å². The molecule has 1 heterocycles. The van der Waals surface area contributed by atoms with E-state index in [-0.39, 0.29) is 0 Å². The third-order valence-electron chi connectivity index (χ3n) is 3.04. The van der Waals surface area contributed by atoms with Crippen molar-refractivity contribution in [2.45, 2.75) is 33.2 Å². The van der Waals surface area contributed by atoms with Gasteiger partial charge in [0.1, 0.15) is 6.26 Å². The Hall–Kier alpha value is -1.61. The maximum Gasteiger partial charge on any atom is 0.226 e. The molecule has 19 heavy (non-hydrogen) atoms. The first-order valence-corrected chi connectivity index (χ1v) is 7.05. The fourth-order valence-corrected chi connectivity index (χ4v) is 2.22. The molecule has 0 bridgehead atoms. The van der Waals surface area contributed by atoms with Crippen LogP contribution in [0.15, 0.2) is 41.0 Å². The van der Waals surface area contributed by atoms with Crippen LogP contribution in [-0.2, 0) is 6.54 Å². The number of hydrogen-bond donors (Lipinski definition) is 0. The minimum Gasteiger partial charge on any atom is -0.444 e. The molecule has 0 atom stereocenters. The van der Waals surface area contributed by atoms with Gasteiger partial charge in [0.25, 0.3) is 0 Å². The first-order valence-electron chi connectivity index (χ1n) is 7.05. The largest absolute Gasteiger partial charge is 0.444 e. The molecule has 0 fully saturated rings. The third-order valence-corrected chi connectivity index (χ3v) is 3.04. The highest BCUT2D eigenvalue weighted by molar-refractivity contribution is 5.52. The van der Waals surface area contributed by atoms with Gasteiger partial charge in [-0.2, -0.15) is 0 Å². The lowest BCUT2D eigenvalue weighted by Gasteiger charge is -2.19. The first kappa shape index (κ1) is 13.8. The van der Waals surface area contributed by atoms with E-state index < -0.39 is 0 Å². The van der Waals surface area contributed by atoms with E-state index in [0.717, 1.165) is 30.9 Å². The first-order chi connectivity index (χ1) is 9.33. The number of aromatic nitrogens is 1. The summed E-state index contributed by atoms with van der Waals surface area (Å²) in [5.74, 6) is 0.712. The van der Waals surface area contributed by atoms with Crippen LogP contribution in [0.4, 0.5) is 0 Å². The zero-order valence-electron chi connectivity index (χ0n) is 11.8. The third kappa shape index (κ3) is 3.93. The Morgan fingerprint density at radius 2 is 1.74 bits per heavy atom. The van der Waals surface area contributed by atoms with Crippen molar-refractivity contribution in [2.75, 3.05) is 13.1 Å². The molecule has 0 aliphatic heterocycles. The topological polar surface area (TPSA) is 29.3 Å². The SMILES string of the molecule is CCCN(CCC)Cc1coc(-c2ccccc2)n1. The molecule has 102 valence electrons. The van der Waals surface area contributed by atoms with E-state index in [2.05, 4.69) is 23.7 Å². The van der Waals surface area contributed by atoms with Gasteiger partial charge in [-0.25, -0.2) is 4.98 Å². The molecule has 1 aromatic heterocycles. The highest BCUT2D eigenvalue weighted by Crippen LogP contribution is 2.18. The van der Waals surface area contributed by atoms with Gasteiger partial charge in [0.05, 0.1) is 5.69 Å². The van der Waals surface area contributed by atoms with E-state index in [1.165, 1.54) is 12.8 Å². The highest BCUT2D eigenvalue weighted by atomic mass is 16.3. The Kier molecular flexibility index (Phi) is 5.16. The lowest BCUT2D eigenvalue weighted by Crippen LogP contribution is -2.25. The average molecular weight is 258 g/mol. The minimum absolute atomic E-state index is 0.712. The molecular weight excluding hydrogens is 236 g/mol. The Bertz CT molecular complexity index is 473. The molecule has 2 aromatic rings. The smallest absolute Gasteiger partial charge is 0.226 e. The summed E-state index contributed by atoms with van der Waals surface area (Å²) < 4.78 is 5.57. The Morgan fingerprint density at radius 3 is 2.37 bits per heavy atom. The van der Waals surface area contributed by atoms with E-state index in [1.807, 2.05) is 30.3 Å². The lowest BCUT2D eigenvalue weighted by molar-refractivity contribution is 0.263. The van der Waals surface area contributed by atoms with Crippen molar-refractivity contribution in [1.82, 2.24) is 9.88 Å². The van der Waals surface area contributed by atoms with Gasteiger partial charge in [-0.1, -0.05) is 32.0 Å². The zero-order valence-corrected chi connectivity index (χ0v) is 11.8. The number of rotatable bonds is 7. The molecule has 0 amide bonds. The number of oxazole rings is 1. The summed E-state index contributed by atoms with van der Waals surface area (Å²) in [6.07, 6.45) is 4.12. The Morgan fingerprint density at radius 1 is 1.05 bits per heavy atom. The van der Waals surface area contributed by atoms with E-state index in [0.29, 0.717) is 5.89 Å². The summed E-state index contributed by atoms with van der Waals surface area (Å²) in [7, 11) is 0. The Balaban J connectivity index is 2.04. The van der Waals surface area contributed by atoms with E-state index in [4.69, 9.17) is 4.42 Å². The highest BCUT2D eigenvalue weighted by Gasteiger charge is 2.09. The molecule has 0 saturated heterocycles. The molecule has 0 saturated carbocycles. The van der Waals surface area contributed by atoms with Crippen molar-refractivity contribution < 1.29 is 4.42 Å². The minimum atomic E-state index is 0.712. The summed E-state index contributed by atoms with van der Waals surface area (Å²) in [5.41, 5.74) is 2.05. The van der Waals surface area contributed by atoms with Crippen LogP contribution in [-0.4, -0.2) is 23.0 Å². The average Bonchev–Trinajstić information content (AvgIpc) is 2.89. The quantitative estimate of drug-likeness (QED) is 0.752. The van der Waals surface area contributed by atoms with Crippen LogP contribution < -0.4 is 0 Å². The summed E-state index contributed by atoms with van der Waals surface area (Å²) >= 11 is 0. The lowest BCUT2D eigenvalue weighted by atomic mass is 10.2. The predicted octanol–water partition coefficient (Wildman–Crippen LogP) is 3.96. The maximum atomic E-state index is 5.57. The molecule has 3 heteroatoms. The second kappa shape index (κ2) is 7.10. The van der Waals surface area contributed by atoms with Crippen molar-refractivity contribution in [3.8, 4) is 11.5 Å². The van der Waals surface area contributed by atoms with Gasteiger partial charge in [-0.15, -0.1) is 0 Å². The standard InChI is InChI=1S/C16H22N2O/c1-3-10-18(11-4-2)12-15-13-19-16(17-15)14-8-6-5-7-9-14/h5-9,13H,3-4,10-12H2,1-2H3. The predicted molar refractivity (Wildman–Crippen MR) is 77.8 cm³/mol. The van der Waals surface area contributed by atoms with Crippen LogP contribution in [0.25, 0.3) is 11.5 Å². The summed E-state index contributed by atoms with van der Waals surface area (Å²) in [5, 5.41) is 0. The zero-order chi connectivity index (χ0) is 13.5. The Labute approximate surface area is 115 Å². The molecule has 0 radical (unpaired) electrons. The van der Waals surface area contributed by atoms with Gasteiger partial charge in [0, 0.05) is 12.1 Å². The molecule has 0 aliphatic carbocycles. The molecule has 0 aliphatic rings. The van der Waals surface area contributed by atoms with Crippen molar-refractivity contribution in [3.05, 3.63) is 42.3 Å². The number of benzene rings is 1. The fourth-order valence-electron chi connectivity index (χ4n) is 2.22. The van der Waals surface area contributed by atoms with Crippen LogP contribution in [0.3, 0.4) is 0 Å². The second-order valence-corrected chi connectivity index (χ2v) is 4.79. The van der Waals surface area contributed by atoms with E-state index in [9.17, 15) is 0 Å². The molecule has 0 spiro atoms. The molecule has 0 unspecified atom stereocenters. The van der Waals surface area contributed by atoms with Gasteiger partial charge in [-0.3, -0.25) is 4.90 Å². The van der Waals surface area contributed by atoms with Gasteiger partial charge < -0.3 is 4.42 Å².